The molecule has 0 bridgehead atoms. The van der Waals surface area contributed by atoms with Gasteiger partial charge in [0.05, 0.1) is 11.6 Å². The molecule has 1 heterocycles. The molecule has 1 aliphatic heterocycles. The van der Waals surface area contributed by atoms with Crippen LogP contribution in [0.3, 0.4) is 0 Å². The first kappa shape index (κ1) is 18.8. The van der Waals surface area contributed by atoms with Crippen molar-refractivity contribution in [2.75, 3.05) is 13.1 Å². The fourth-order valence-electron chi connectivity index (χ4n) is 2.73. The number of rotatable bonds is 5. The van der Waals surface area contributed by atoms with E-state index in [0.717, 1.165) is 38.8 Å². The van der Waals surface area contributed by atoms with Gasteiger partial charge in [0, 0.05) is 13.1 Å². The topological polar surface area (TPSA) is 79.6 Å². The minimum atomic E-state index is -0.840. The molecule has 0 N–H and O–H groups in total. The Morgan fingerprint density at radius 1 is 1.04 bits per heavy atom. The molecule has 0 unspecified atom stereocenters. The first-order valence-corrected chi connectivity index (χ1v) is 8.67. The van der Waals surface area contributed by atoms with Gasteiger partial charge in [-0.05, 0) is 51.0 Å². The minimum Gasteiger partial charge on any atom is -0.479 e. The third-order valence-electron chi connectivity index (χ3n) is 4.19. The molecular weight excluding hydrogens is 320 g/mol. The van der Waals surface area contributed by atoms with Crippen LogP contribution in [0.25, 0.3) is 0 Å². The van der Waals surface area contributed by atoms with Crippen LogP contribution < -0.4 is 4.74 Å². The molecule has 1 aromatic carbocycles. The van der Waals surface area contributed by atoms with Crippen LogP contribution in [0.1, 0.15) is 45.1 Å². The number of carbonyl (C=O) groups is 2. The highest BCUT2D eigenvalue weighted by Gasteiger charge is 2.27. The van der Waals surface area contributed by atoms with E-state index in [-0.39, 0.29) is 5.91 Å². The van der Waals surface area contributed by atoms with Gasteiger partial charge in [-0.25, -0.2) is 4.79 Å². The van der Waals surface area contributed by atoms with E-state index in [1.54, 1.807) is 43.0 Å². The number of amides is 1. The van der Waals surface area contributed by atoms with Crippen molar-refractivity contribution in [3.05, 3.63) is 29.8 Å². The maximum atomic E-state index is 12.4. The predicted molar refractivity (Wildman–Crippen MR) is 91.8 cm³/mol. The van der Waals surface area contributed by atoms with E-state index in [0.29, 0.717) is 11.3 Å². The molecule has 2 rings (SSSR count). The Bertz CT molecular complexity index is 628. The Morgan fingerprint density at radius 2 is 1.64 bits per heavy atom. The number of hydrogen-bond acceptors (Lipinski definition) is 5. The number of esters is 1. The van der Waals surface area contributed by atoms with Gasteiger partial charge in [-0.1, -0.05) is 12.8 Å². The lowest BCUT2D eigenvalue weighted by Crippen LogP contribution is -2.42. The molecule has 1 amide bonds. The highest BCUT2D eigenvalue weighted by molar-refractivity contribution is 5.84. The van der Waals surface area contributed by atoms with Gasteiger partial charge in [0.2, 0.25) is 0 Å². The third-order valence-corrected chi connectivity index (χ3v) is 4.19. The molecule has 25 heavy (non-hydrogen) atoms. The first-order chi connectivity index (χ1) is 12.0. The highest BCUT2D eigenvalue weighted by Crippen LogP contribution is 2.15. The molecule has 0 saturated carbocycles. The van der Waals surface area contributed by atoms with Gasteiger partial charge >= 0.3 is 5.97 Å². The van der Waals surface area contributed by atoms with E-state index in [1.807, 2.05) is 6.07 Å². The summed E-state index contributed by atoms with van der Waals surface area (Å²) in [4.78, 5) is 26.4. The second-order valence-electron chi connectivity index (χ2n) is 6.21. The number of benzene rings is 1. The van der Waals surface area contributed by atoms with Crippen LogP contribution in [-0.2, 0) is 14.3 Å². The van der Waals surface area contributed by atoms with Crippen molar-refractivity contribution in [1.82, 2.24) is 4.90 Å². The largest absolute Gasteiger partial charge is 0.479 e. The number of likely N-dealkylation sites (tertiary alicyclic amines) is 1. The quantitative estimate of drug-likeness (QED) is 0.767. The SMILES string of the molecule is C[C@@H](Oc1ccc(C#N)cc1)C(=O)O[C@H](C)C(=O)N1CCCCCC1. The Balaban J connectivity index is 1.86. The van der Waals surface area contributed by atoms with Crippen LogP contribution in [0.15, 0.2) is 24.3 Å². The van der Waals surface area contributed by atoms with E-state index in [4.69, 9.17) is 14.7 Å². The van der Waals surface area contributed by atoms with Crippen molar-refractivity contribution < 1.29 is 19.1 Å². The molecule has 1 saturated heterocycles. The zero-order chi connectivity index (χ0) is 18.2. The van der Waals surface area contributed by atoms with Crippen LogP contribution in [-0.4, -0.2) is 42.1 Å². The molecule has 134 valence electrons. The predicted octanol–water partition coefficient (Wildman–Crippen LogP) is 2.66. The summed E-state index contributed by atoms with van der Waals surface area (Å²) in [5.74, 6) is -0.268. The van der Waals surface area contributed by atoms with Gasteiger partial charge in [0.15, 0.2) is 12.2 Å². The minimum absolute atomic E-state index is 0.152. The van der Waals surface area contributed by atoms with Gasteiger partial charge in [-0.15, -0.1) is 0 Å². The lowest BCUT2D eigenvalue weighted by Gasteiger charge is -2.24. The van der Waals surface area contributed by atoms with Crippen molar-refractivity contribution in [1.29, 1.82) is 5.26 Å². The Labute approximate surface area is 148 Å². The summed E-state index contributed by atoms with van der Waals surface area (Å²) in [6.45, 7) is 4.61. The van der Waals surface area contributed by atoms with Gasteiger partial charge in [-0.2, -0.15) is 5.26 Å². The van der Waals surface area contributed by atoms with Crippen molar-refractivity contribution in [2.45, 2.75) is 51.7 Å². The van der Waals surface area contributed by atoms with Crippen molar-refractivity contribution >= 4 is 11.9 Å². The lowest BCUT2D eigenvalue weighted by molar-refractivity contribution is -0.164. The molecule has 6 heteroatoms. The van der Waals surface area contributed by atoms with Crippen LogP contribution >= 0.6 is 0 Å². The smallest absolute Gasteiger partial charge is 0.347 e. The second kappa shape index (κ2) is 9.07. The van der Waals surface area contributed by atoms with E-state index in [9.17, 15) is 9.59 Å². The number of hydrogen-bond donors (Lipinski definition) is 0. The molecular formula is C19H24N2O4. The summed E-state index contributed by atoms with van der Waals surface area (Å²) in [6.07, 6.45) is 2.58. The summed E-state index contributed by atoms with van der Waals surface area (Å²) in [5, 5.41) is 8.77. The average molecular weight is 344 g/mol. The molecule has 6 nitrogen and oxygen atoms in total. The number of ether oxygens (including phenoxy) is 2. The first-order valence-electron chi connectivity index (χ1n) is 8.67. The van der Waals surface area contributed by atoms with Crippen LogP contribution in [0, 0.1) is 11.3 Å². The highest BCUT2D eigenvalue weighted by atomic mass is 16.6. The van der Waals surface area contributed by atoms with Gasteiger partial charge in [-0.3, -0.25) is 4.79 Å². The van der Waals surface area contributed by atoms with E-state index < -0.39 is 18.2 Å². The molecule has 1 aliphatic rings. The van der Waals surface area contributed by atoms with E-state index >= 15 is 0 Å². The molecule has 0 radical (unpaired) electrons. The fourth-order valence-corrected chi connectivity index (χ4v) is 2.73. The zero-order valence-corrected chi connectivity index (χ0v) is 14.7. The van der Waals surface area contributed by atoms with Gasteiger partial charge < -0.3 is 14.4 Å². The zero-order valence-electron chi connectivity index (χ0n) is 14.7. The Kier molecular flexibility index (Phi) is 6.81. The van der Waals surface area contributed by atoms with Gasteiger partial charge in [0.1, 0.15) is 5.75 Å². The van der Waals surface area contributed by atoms with Crippen LogP contribution in [0.2, 0.25) is 0 Å². The van der Waals surface area contributed by atoms with E-state index in [1.165, 1.54) is 0 Å². The molecule has 2 atom stereocenters. The lowest BCUT2D eigenvalue weighted by atomic mass is 10.2. The summed E-state index contributed by atoms with van der Waals surface area (Å²) in [5.41, 5.74) is 0.513. The Hall–Kier alpha value is -2.55. The number of nitrogens with zero attached hydrogens (tertiary/aromatic N) is 2. The van der Waals surface area contributed by atoms with Gasteiger partial charge in [0.25, 0.3) is 5.91 Å². The molecule has 1 aromatic rings. The molecule has 0 aliphatic carbocycles. The summed E-state index contributed by atoms with van der Waals surface area (Å²) >= 11 is 0. The third kappa shape index (κ3) is 5.49. The van der Waals surface area contributed by atoms with Crippen molar-refractivity contribution in [3.8, 4) is 11.8 Å². The Morgan fingerprint density at radius 3 is 2.20 bits per heavy atom. The second-order valence-corrected chi connectivity index (χ2v) is 6.21. The molecule has 0 aromatic heterocycles. The van der Waals surface area contributed by atoms with E-state index in [2.05, 4.69) is 0 Å². The molecule has 1 fully saturated rings. The maximum absolute atomic E-state index is 12.4. The maximum Gasteiger partial charge on any atom is 0.347 e. The van der Waals surface area contributed by atoms with Crippen molar-refractivity contribution in [2.24, 2.45) is 0 Å². The fraction of sp³-hybridized carbons (Fsp3) is 0.526. The van der Waals surface area contributed by atoms with Crippen molar-refractivity contribution in [3.63, 3.8) is 0 Å². The average Bonchev–Trinajstić information content (AvgIpc) is 2.90. The summed E-state index contributed by atoms with van der Waals surface area (Å²) in [6, 6.07) is 8.47. The van der Waals surface area contributed by atoms with Crippen LogP contribution in [0.5, 0.6) is 5.75 Å². The number of carbonyl (C=O) groups excluding carboxylic acids is 2. The standard InChI is InChI=1S/C19H24N2O4/c1-14(18(22)21-11-5-3-4-6-12-21)25-19(23)15(2)24-17-9-7-16(13-20)8-10-17/h7-10,14-15H,3-6,11-12H2,1-2H3/t14-,15-/m1/s1. The molecule has 0 spiro atoms. The summed E-state index contributed by atoms with van der Waals surface area (Å²) < 4.78 is 10.8. The van der Waals surface area contributed by atoms with Crippen LogP contribution in [0.4, 0.5) is 0 Å². The normalized spacial score (nSPS) is 16.9. The monoisotopic (exact) mass is 344 g/mol. The summed E-state index contributed by atoms with van der Waals surface area (Å²) in [7, 11) is 0. The number of nitriles is 1.